The van der Waals surface area contributed by atoms with Gasteiger partial charge in [-0.05, 0) is 78.8 Å². The van der Waals surface area contributed by atoms with Gasteiger partial charge in [0.1, 0.15) is 5.75 Å². The first-order chi connectivity index (χ1) is 15.0. The largest absolute Gasteiger partial charge is 0.490 e. The van der Waals surface area contributed by atoms with E-state index in [1.54, 1.807) is 0 Å². The number of aryl methyl sites for hydroxylation is 1. The van der Waals surface area contributed by atoms with E-state index >= 15 is 0 Å². The van der Waals surface area contributed by atoms with Gasteiger partial charge in [0.2, 0.25) is 0 Å². The zero-order chi connectivity index (χ0) is 21.4. The van der Waals surface area contributed by atoms with E-state index in [9.17, 15) is 10.2 Å². The molecule has 3 fully saturated rings. The van der Waals surface area contributed by atoms with Crippen LogP contribution in [0.25, 0.3) is 0 Å². The third kappa shape index (κ3) is 4.52. The Labute approximate surface area is 185 Å². The fourth-order valence-electron chi connectivity index (χ4n) is 5.58. The number of rotatable bonds is 6. The second-order valence-corrected chi connectivity index (χ2v) is 10.1. The van der Waals surface area contributed by atoms with Gasteiger partial charge in [0, 0.05) is 12.8 Å². The third-order valence-electron chi connectivity index (χ3n) is 7.68. The Balaban J connectivity index is 1.23. The number of hydrogen-bond acceptors (Lipinski definition) is 4. The van der Waals surface area contributed by atoms with Crippen molar-refractivity contribution >= 4 is 0 Å². The second-order valence-electron chi connectivity index (χ2n) is 10.1. The van der Waals surface area contributed by atoms with Gasteiger partial charge in [0.05, 0.1) is 31.0 Å². The highest BCUT2D eigenvalue weighted by molar-refractivity contribution is 5.38. The van der Waals surface area contributed by atoms with Crippen LogP contribution in [0.1, 0.15) is 73.3 Å². The molecular weight excluding hydrogens is 388 g/mol. The molecule has 2 aromatic rings. The molecule has 2 aromatic carbocycles. The summed E-state index contributed by atoms with van der Waals surface area (Å²) in [5, 5.41) is 19.6. The fraction of sp³-hybridized carbons (Fsp3) is 0.556. The van der Waals surface area contributed by atoms with E-state index in [4.69, 9.17) is 9.47 Å². The number of aliphatic hydroxyl groups is 2. The molecule has 3 aliphatic rings. The number of hydrogen-bond donors (Lipinski definition) is 2. The smallest absolute Gasteiger partial charge is 0.119 e. The number of ether oxygens (including phenoxy) is 2. The van der Waals surface area contributed by atoms with Crippen LogP contribution in [0.3, 0.4) is 0 Å². The van der Waals surface area contributed by atoms with Gasteiger partial charge in [-0.25, -0.2) is 0 Å². The standard InChI is InChI=1S/C27H34O4/c1-18-3-6-20(26-14-22(29)13-24(17-28)31-26)12-21(18)11-19-4-7-23(8-5-19)30-25-15-27(16-25)9-2-10-27/h3-8,12,22,24-26,28-29H,2,9-11,13-17H2,1H3. The molecule has 0 amide bonds. The van der Waals surface area contributed by atoms with Gasteiger partial charge in [0.15, 0.2) is 0 Å². The Kier molecular flexibility index (Phi) is 5.80. The predicted octanol–water partition coefficient (Wildman–Crippen LogP) is 4.87. The van der Waals surface area contributed by atoms with Crippen molar-refractivity contribution in [1.82, 2.24) is 0 Å². The molecular formula is C27H34O4. The van der Waals surface area contributed by atoms with E-state index in [1.165, 1.54) is 48.8 Å². The fourth-order valence-corrected chi connectivity index (χ4v) is 5.58. The Morgan fingerprint density at radius 2 is 1.84 bits per heavy atom. The molecule has 31 heavy (non-hydrogen) atoms. The van der Waals surface area contributed by atoms with E-state index in [1.807, 2.05) is 0 Å². The maximum absolute atomic E-state index is 10.2. The van der Waals surface area contributed by atoms with Crippen molar-refractivity contribution in [3.05, 3.63) is 64.7 Å². The van der Waals surface area contributed by atoms with Crippen molar-refractivity contribution in [1.29, 1.82) is 0 Å². The molecule has 2 saturated carbocycles. The Bertz CT molecular complexity index is 894. The molecule has 0 bridgehead atoms. The zero-order valence-corrected chi connectivity index (χ0v) is 18.4. The molecule has 4 nitrogen and oxygen atoms in total. The first kappa shape index (κ1) is 21.0. The maximum Gasteiger partial charge on any atom is 0.119 e. The molecule has 0 aromatic heterocycles. The summed E-state index contributed by atoms with van der Waals surface area (Å²) in [7, 11) is 0. The minimum atomic E-state index is -0.428. The van der Waals surface area contributed by atoms with E-state index < -0.39 is 6.10 Å². The molecule has 2 aliphatic carbocycles. The summed E-state index contributed by atoms with van der Waals surface area (Å²) in [5.41, 5.74) is 5.49. The van der Waals surface area contributed by atoms with E-state index in [2.05, 4.69) is 49.4 Å². The van der Waals surface area contributed by atoms with Crippen LogP contribution in [0.4, 0.5) is 0 Å². The van der Waals surface area contributed by atoms with Crippen molar-refractivity contribution in [3.8, 4) is 5.75 Å². The highest BCUT2D eigenvalue weighted by Gasteiger charge is 2.49. The normalized spacial score (nSPS) is 27.5. The first-order valence-corrected chi connectivity index (χ1v) is 11.8. The van der Waals surface area contributed by atoms with Crippen LogP contribution in [0.15, 0.2) is 42.5 Å². The Hall–Kier alpha value is -1.88. The molecule has 0 radical (unpaired) electrons. The van der Waals surface area contributed by atoms with Gasteiger partial charge in [-0.15, -0.1) is 0 Å². The van der Waals surface area contributed by atoms with Gasteiger partial charge in [-0.1, -0.05) is 36.8 Å². The molecule has 3 unspecified atom stereocenters. The molecule has 1 heterocycles. The summed E-state index contributed by atoms with van der Waals surface area (Å²) >= 11 is 0. The van der Waals surface area contributed by atoms with E-state index in [0.29, 0.717) is 24.4 Å². The number of benzene rings is 2. The summed E-state index contributed by atoms with van der Waals surface area (Å²) < 4.78 is 12.2. The summed E-state index contributed by atoms with van der Waals surface area (Å²) in [6.45, 7) is 2.08. The quantitative estimate of drug-likeness (QED) is 0.697. The monoisotopic (exact) mass is 422 g/mol. The van der Waals surface area contributed by atoms with Crippen molar-refractivity contribution in [2.24, 2.45) is 5.41 Å². The Morgan fingerprint density at radius 1 is 1.06 bits per heavy atom. The topological polar surface area (TPSA) is 58.9 Å². The Morgan fingerprint density at radius 3 is 2.52 bits per heavy atom. The minimum absolute atomic E-state index is 0.0530. The molecule has 1 saturated heterocycles. The van der Waals surface area contributed by atoms with E-state index in [0.717, 1.165) is 17.7 Å². The van der Waals surface area contributed by atoms with Crippen molar-refractivity contribution in [2.45, 2.75) is 82.7 Å². The highest BCUT2D eigenvalue weighted by atomic mass is 16.5. The van der Waals surface area contributed by atoms with Crippen molar-refractivity contribution in [2.75, 3.05) is 6.61 Å². The van der Waals surface area contributed by atoms with Crippen LogP contribution < -0.4 is 4.74 Å². The lowest BCUT2D eigenvalue weighted by Gasteiger charge is -2.53. The summed E-state index contributed by atoms with van der Waals surface area (Å²) in [6, 6.07) is 15.0. The van der Waals surface area contributed by atoms with Crippen LogP contribution in [0.2, 0.25) is 0 Å². The van der Waals surface area contributed by atoms with Crippen LogP contribution >= 0.6 is 0 Å². The zero-order valence-electron chi connectivity index (χ0n) is 18.4. The van der Waals surface area contributed by atoms with Crippen LogP contribution in [0.5, 0.6) is 5.75 Å². The molecule has 4 heteroatoms. The highest BCUT2D eigenvalue weighted by Crippen LogP contribution is 2.56. The van der Waals surface area contributed by atoms with Crippen molar-refractivity contribution < 1.29 is 19.7 Å². The summed E-state index contributed by atoms with van der Waals surface area (Å²) in [5.74, 6) is 0.980. The lowest BCUT2D eigenvalue weighted by atomic mass is 9.55. The van der Waals surface area contributed by atoms with Crippen LogP contribution in [-0.4, -0.2) is 35.1 Å². The molecule has 1 spiro atoms. The molecule has 2 N–H and O–H groups in total. The second kappa shape index (κ2) is 8.57. The average Bonchev–Trinajstić information content (AvgIpc) is 2.71. The maximum atomic E-state index is 10.2. The van der Waals surface area contributed by atoms with Gasteiger partial charge >= 0.3 is 0 Å². The molecule has 3 atom stereocenters. The van der Waals surface area contributed by atoms with Crippen LogP contribution in [-0.2, 0) is 11.2 Å². The lowest BCUT2D eigenvalue weighted by Crippen LogP contribution is -2.48. The third-order valence-corrected chi connectivity index (χ3v) is 7.68. The molecule has 5 rings (SSSR count). The minimum Gasteiger partial charge on any atom is -0.490 e. The molecule has 166 valence electrons. The van der Waals surface area contributed by atoms with Gasteiger partial charge < -0.3 is 19.7 Å². The summed E-state index contributed by atoms with van der Waals surface area (Å²) in [6.07, 6.45) is 8.11. The van der Waals surface area contributed by atoms with Gasteiger partial charge in [0.25, 0.3) is 0 Å². The average molecular weight is 423 g/mol. The van der Waals surface area contributed by atoms with Gasteiger partial charge in [-0.3, -0.25) is 0 Å². The predicted molar refractivity (Wildman–Crippen MR) is 120 cm³/mol. The van der Waals surface area contributed by atoms with E-state index in [-0.39, 0.29) is 18.8 Å². The van der Waals surface area contributed by atoms with Gasteiger partial charge in [-0.2, -0.15) is 0 Å². The molecule has 1 aliphatic heterocycles. The lowest BCUT2D eigenvalue weighted by molar-refractivity contribution is -0.113. The van der Waals surface area contributed by atoms with Crippen LogP contribution in [0, 0.1) is 12.3 Å². The number of aliphatic hydroxyl groups excluding tert-OH is 2. The van der Waals surface area contributed by atoms with Crippen molar-refractivity contribution in [3.63, 3.8) is 0 Å². The SMILES string of the molecule is Cc1ccc(C2CC(O)CC(CO)O2)cc1Cc1ccc(OC2CC3(CCC3)C2)cc1. The summed E-state index contributed by atoms with van der Waals surface area (Å²) in [4.78, 5) is 0. The first-order valence-electron chi connectivity index (χ1n) is 11.8.